The number of aromatic nitrogens is 5. The van der Waals surface area contributed by atoms with Gasteiger partial charge in [0.1, 0.15) is 21.5 Å². The molecule has 138 valence electrons. The van der Waals surface area contributed by atoms with Gasteiger partial charge in [-0.3, -0.25) is 4.79 Å². The first-order valence-corrected chi connectivity index (χ1v) is 9.58. The lowest BCUT2D eigenvalue weighted by atomic mass is 9.78. The van der Waals surface area contributed by atoms with Gasteiger partial charge < -0.3 is 9.72 Å². The van der Waals surface area contributed by atoms with Crippen LogP contribution in [-0.4, -0.2) is 30.2 Å². The highest BCUT2D eigenvalue weighted by Gasteiger charge is 2.47. The third kappa shape index (κ3) is 2.45. The van der Waals surface area contributed by atoms with E-state index in [9.17, 15) is 4.79 Å². The highest BCUT2D eigenvalue weighted by Crippen LogP contribution is 2.45. The van der Waals surface area contributed by atoms with Crippen LogP contribution in [0.25, 0.3) is 17.2 Å². The van der Waals surface area contributed by atoms with Crippen LogP contribution in [0.3, 0.4) is 0 Å². The van der Waals surface area contributed by atoms with Crippen LogP contribution in [0, 0.1) is 0 Å². The van der Waals surface area contributed by atoms with E-state index in [1.54, 1.807) is 30.7 Å². The predicted octanol–water partition coefficient (Wildman–Crippen LogP) is 3.86. The number of amides is 1. The van der Waals surface area contributed by atoms with Crippen LogP contribution < -0.4 is 5.32 Å². The van der Waals surface area contributed by atoms with Crippen molar-refractivity contribution in [2.24, 2.45) is 0 Å². The Morgan fingerprint density at radius 3 is 2.75 bits per heavy atom. The number of halogens is 2. The molecular formula is C19H12BrClN6O. The summed E-state index contributed by atoms with van der Waals surface area (Å²) < 4.78 is 2.37. The van der Waals surface area contributed by atoms with Crippen molar-refractivity contribution < 1.29 is 4.79 Å². The SMILES string of the molecule is CC1(c2ccc(Cl)cc2)C(=O)Nc2nc(-c3cn4ccnc4cn3)nc(Br)c21. The smallest absolute Gasteiger partial charge is 0.240 e. The minimum Gasteiger partial charge on any atom is -0.309 e. The summed E-state index contributed by atoms with van der Waals surface area (Å²) in [5.74, 6) is 0.698. The molecule has 0 radical (unpaired) electrons. The van der Waals surface area contributed by atoms with Crippen LogP contribution in [-0.2, 0) is 10.2 Å². The fourth-order valence-electron chi connectivity index (χ4n) is 3.43. The molecule has 3 aromatic heterocycles. The summed E-state index contributed by atoms with van der Waals surface area (Å²) in [6.07, 6.45) is 6.96. The lowest BCUT2D eigenvalue weighted by molar-refractivity contribution is -0.119. The summed E-state index contributed by atoms with van der Waals surface area (Å²) in [5.41, 5.74) is 1.87. The van der Waals surface area contributed by atoms with E-state index in [0.717, 1.165) is 11.2 Å². The van der Waals surface area contributed by atoms with E-state index in [1.165, 1.54) is 0 Å². The maximum absolute atomic E-state index is 12.9. The molecule has 4 aromatic rings. The van der Waals surface area contributed by atoms with Gasteiger partial charge in [-0.25, -0.2) is 19.9 Å². The fraction of sp³-hybridized carbons (Fsp3) is 0.105. The monoisotopic (exact) mass is 454 g/mol. The molecule has 5 rings (SSSR count). The zero-order valence-corrected chi connectivity index (χ0v) is 16.9. The van der Waals surface area contributed by atoms with Gasteiger partial charge in [-0.2, -0.15) is 0 Å². The topological polar surface area (TPSA) is 85.1 Å². The third-order valence-corrected chi connectivity index (χ3v) is 5.81. The van der Waals surface area contributed by atoms with Crippen LogP contribution in [0.4, 0.5) is 5.82 Å². The first kappa shape index (κ1) is 17.3. The van der Waals surface area contributed by atoms with E-state index in [1.807, 2.05) is 29.7 Å². The number of carbonyl (C=O) groups is 1. The molecule has 1 aliphatic heterocycles. The molecule has 0 spiro atoms. The summed E-state index contributed by atoms with van der Waals surface area (Å²) in [5, 5.41) is 3.49. The lowest BCUT2D eigenvalue weighted by Crippen LogP contribution is -2.32. The second kappa shape index (κ2) is 6.08. The largest absolute Gasteiger partial charge is 0.309 e. The average molecular weight is 456 g/mol. The summed E-state index contributed by atoms with van der Waals surface area (Å²) >= 11 is 9.54. The summed E-state index contributed by atoms with van der Waals surface area (Å²) in [4.78, 5) is 30.6. The Balaban J connectivity index is 1.66. The van der Waals surface area contributed by atoms with Crippen molar-refractivity contribution in [1.29, 1.82) is 0 Å². The van der Waals surface area contributed by atoms with Crippen molar-refractivity contribution in [3.63, 3.8) is 0 Å². The van der Waals surface area contributed by atoms with Crippen molar-refractivity contribution in [3.8, 4) is 11.5 Å². The van der Waals surface area contributed by atoms with E-state index >= 15 is 0 Å². The normalized spacial score (nSPS) is 18.3. The second-order valence-electron chi connectivity index (χ2n) is 6.61. The number of nitrogens with one attached hydrogen (secondary N) is 1. The number of hydrogen-bond acceptors (Lipinski definition) is 5. The molecule has 28 heavy (non-hydrogen) atoms. The fourth-order valence-corrected chi connectivity index (χ4v) is 4.31. The Morgan fingerprint density at radius 2 is 1.96 bits per heavy atom. The van der Waals surface area contributed by atoms with Gasteiger partial charge in [-0.1, -0.05) is 23.7 Å². The van der Waals surface area contributed by atoms with Gasteiger partial charge in [0.05, 0.1) is 6.20 Å². The van der Waals surface area contributed by atoms with Gasteiger partial charge >= 0.3 is 0 Å². The van der Waals surface area contributed by atoms with E-state index in [0.29, 0.717) is 32.5 Å². The number of carbonyl (C=O) groups excluding carboxylic acids is 1. The van der Waals surface area contributed by atoms with Crippen molar-refractivity contribution in [2.75, 3.05) is 5.32 Å². The van der Waals surface area contributed by atoms with E-state index < -0.39 is 5.41 Å². The predicted molar refractivity (Wildman–Crippen MR) is 108 cm³/mol. The molecule has 0 saturated heterocycles. The summed E-state index contributed by atoms with van der Waals surface area (Å²) in [7, 11) is 0. The van der Waals surface area contributed by atoms with Crippen molar-refractivity contribution in [3.05, 3.63) is 69.8 Å². The number of fused-ring (bicyclic) bond motifs is 2. The van der Waals surface area contributed by atoms with Crippen molar-refractivity contribution in [2.45, 2.75) is 12.3 Å². The molecule has 1 unspecified atom stereocenters. The zero-order valence-electron chi connectivity index (χ0n) is 14.5. The quantitative estimate of drug-likeness (QED) is 0.464. The molecule has 4 heterocycles. The molecule has 1 aliphatic rings. The van der Waals surface area contributed by atoms with E-state index in [-0.39, 0.29) is 5.91 Å². The molecule has 7 nitrogen and oxygen atoms in total. The maximum atomic E-state index is 12.9. The molecule has 0 bridgehead atoms. The zero-order chi connectivity index (χ0) is 19.5. The van der Waals surface area contributed by atoms with Crippen LogP contribution >= 0.6 is 27.5 Å². The van der Waals surface area contributed by atoms with Gasteiger partial charge in [-0.05, 0) is 40.5 Å². The van der Waals surface area contributed by atoms with Crippen LogP contribution in [0.5, 0.6) is 0 Å². The van der Waals surface area contributed by atoms with Gasteiger partial charge in [0, 0.05) is 29.2 Å². The van der Waals surface area contributed by atoms with Gasteiger partial charge in [-0.15, -0.1) is 0 Å². The first-order chi connectivity index (χ1) is 13.5. The van der Waals surface area contributed by atoms with Crippen LogP contribution in [0.2, 0.25) is 5.02 Å². The summed E-state index contributed by atoms with van der Waals surface area (Å²) in [6.45, 7) is 1.85. The van der Waals surface area contributed by atoms with Crippen LogP contribution in [0.15, 0.2) is 53.7 Å². The van der Waals surface area contributed by atoms with Gasteiger partial charge in [0.15, 0.2) is 11.5 Å². The number of anilines is 1. The number of nitrogens with zero attached hydrogens (tertiary/aromatic N) is 5. The van der Waals surface area contributed by atoms with E-state index in [4.69, 9.17) is 11.6 Å². The minimum absolute atomic E-state index is 0.171. The Bertz CT molecular complexity index is 1260. The molecule has 0 fully saturated rings. The standard InChI is InChI=1S/C19H12BrClN6O/c1-19(10-2-4-11(21)5-3-10)14-15(20)24-16(25-17(14)26-18(19)28)12-9-27-7-6-22-13(27)8-23-12/h2-9H,1H3,(H,24,25,26,28). The Hall–Kier alpha value is -2.84. The lowest BCUT2D eigenvalue weighted by Gasteiger charge is -2.23. The van der Waals surface area contributed by atoms with Gasteiger partial charge in [0.25, 0.3) is 0 Å². The number of hydrogen-bond donors (Lipinski definition) is 1. The number of benzene rings is 1. The first-order valence-electron chi connectivity index (χ1n) is 8.41. The van der Waals surface area contributed by atoms with E-state index in [2.05, 4.69) is 41.2 Å². The maximum Gasteiger partial charge on any atom is 0.240 e. The van der Waals surface area contributed by atoms with Gasteiger partial charge in [0.2, 0.25) is 5.91 Å². The second-order valence-corrected chi connectivity index (χ2v) is 7.80. The average Bonchev–Trinajstić information content (AvgIpc) is 3.25. The molecule has 0 aliphatic carbocycles. The third-order valence-electron chi connectivity index (χ3n) is 4.98. The number of rotatable bonds is 2. The Morgan fingerprint density at radius 1 is 1.18 bits per heavy atom. The van der Waals surface area contributed by atoms with Crippen LogP contribution in [0.1, 0.15) is 18.1 Å². The summed E-state index contributed by atoms with van der Waals surface area (Å²) in [6, 6.07) is 7.21. The Labute approximate surface area is 173 Å². The number of imidazole rings is 1. The highest BCUT2D eigenvalue weighted by atomic mass is 79.9. The molecule has 1 amide bonds. The molecule has 0 saturated carbocycles. The minimum atomic E-state index is -0.932. The Kier molecular flexibility index (Phi) is 3.75. The molecule has 9 heteroatoms. The highest BCUT2D eigenvalue weighted by molar-refractivity contribution is 9.10. The molecule has 1 atom stereocenters. The van der Waals surface area contributed by atoms with Crippen molar-refractivity contribution >= 4 is 44.9 Å². The molecule has 1 N–H and O–H groups in total. The molecular weight excluding hydrogens is 444 g/mol. The molecule has 1 aromatic carbocycles. The van der Waals surface area contributed by atoms with Crippen molar-refractivity contribution in [1.82, 2.24) is 24.3 Å².